The molecule has 31 heavy (non-hydrogen) atoms. The Bertz CT molecular complexity index is 1030. The van der Waals surface area contributed by atoms with Gasteiger partial charge in [-0.15, -0.1) is 0 Å². The van der Waals surface area contributed by atoms with Gasteiger partial charge in [-0.2, -0.15) is 5.26 Å². The summed E-state index contributed by atoms with van der Waals surface area (Å²) in [6.45, 7) is 3.86. The largest absolute Gasteiger partial charge is 0.379 e. The first kappa shape index (κ1) is 20.2. The Morgan fingerprint density at radius 3 is 3.10 bits per heavy atom. The fourth-order valence-corrected chi connectivity index (χ4v) is 5.31. The van der Waals surface area contributed by atoms with Crippen LogP contribution in [0.4, 0.5) is 5.69 Å². The third-order valence-corrected chi connectivity index (χ3v) is 6.80. The summed E-state index contributed by atoms with van der Waals surface area (Å²) in [6.07, 6.45) is 2.75. The summed E-state index contributed by atoms with van der Waals surface area (Å²) < 4.78 is 5.81. The number of aromatic nitrogens is 1. The Morgan fingerprint density at radius 2 is 2.29 bits per heavy atom. The van der Waals surface area contributed by atoms with E-state index in [2.05, 4.69) is 44.3 Å². The number of ether oxygens (including phenoxy) is 1. The number of amides is 1. The molecule has 1 aromatic heterocycles. The lowest BCUT2D eigenvalue weighted by Crippen LogP contribution is -2.61. The minimum absolute atomic E-state index is 0.0195. The number of piperidine rings is 1. The molecular formula is C23H28N6O2. The maximum Gasteiger partial charge on any atom is 0.228 e. The van der Waals surface area contributed by atoms with E-state index in [1.165, 1.54) is 0 Å². The van der Waals surface area contributed by atoms with Crippen molar-refractivity contribution in [2.45, 2.75) is 50.4 Å². The van der Waals surface area contributed by atoms with Crippen molar-refractivity contribution in [3.05, 3.63) is 36.0 Å². The van der Waals surface area contributed by atoms with Gasteiger partial charge < -0.3 is 15.4 Å². The second-order valence-electron chi connectivity index (χ2n) is 8.87. The molecule has 1 amide bonds. The molecule has 3 fully saturated rings. The molecule has 4 atom stereocenters. The zero-order chi connectivity index (χ0) is 21.4. The molecule has 0 bridgehead atoms. The van der Waals surface area contributed by atoms with Crippen LogP contribution in [0.3, 0.4) is 0 Å². The Kier molecular flexibility index (Phi) is 5.26. The topological polar surface area (TPSA) is 102 Å². The lowest BCUT2D eigenvalue weighted by atomic mass is 9.84. The first-order valence-electron chi connectivity index (χ1n) is 11.0. The normalized spacial score (nSPS) is 31.1. The van der Waals surface area contributed by atoms with Gasteiger partial charge in [-0.25, -0.2) is 10.4 Å². The number of benzene rings is 1. The lowest BCUT2D eigenvalue weighted by molar-refractivity contribution is -0.130. The van der Waals surface area contributed by atoms with Crippen molar-refractivity contribution in [2.24, 2.45) is 5.92 Å². The summed E-state index contributed by atoms with van der Waals surface area (Å²) in [5.41, 5.74) is 6.04. The van der Waals surface area contributed by atoms with Gasteiger partial charge in [0.05, 0.1) is 36.1 Å². The number of anilines is 1. The second-order valence-corrected chi connectivity index (χ2v) is 8.87. The van der Waals surface area contributed by atoms with Gasteiger partial charge in [-0.1, -0.05) is 6.07 Å². The molecule has 3 unspecified atom stereocenters. The van der Waals surface area contributed by atoms with Gasteiger partial charge in [0.1, 0.15) is 6.17 Å². The van der Waals surface area contributed by atoms with E-state index >= 15 is 0 Å². The molecule has 0 spiro atoms. The van der Waals surface area contributed by atoms with Crippen LogP contribution in [-0.2, 0) is 9.53 Å². The number of pyridine rings is 1. The highest BCUT2D eigenvalue weighted by atomic mass is 16.5. The monoisotopic (exact) mass is 420 g/mol. The fraction of sp³-hybridized carbons (Fsp3) is 0.522. The molecule has 1 aromatic carbocycles. The number of hydrazine groups is 1. The van der Waals surface area contributed by atoms with E-state index in [0.717, 1.165) is 48.2 Å². The number of carbonyl (C=O) groups is 1. The molecule has 0 radical (unpaired) electrons. The van der Waals surface area contributed by atoms with Gasteiger partial charge >= 0.3 is 0 Å². The highest BCUT2D eigenvalue weighted by Gasteiger charge is 2.54. The van der Waals surface area contributed by atoms with Gasteiger partial charge in [-0.05, 0) is 50.5 Å². The summed E-state index contributed by atoms with van der Waals surface area (Å²) in [5, 5.41) is 19.3. The number of nitriles is 1. The van der Waals surface area contributed by atoms with E-state index in [1.54, 1.807) is 0 Å². The third-order valence-electron chi connectivity index (χ3n) is 6.80. The lowest BCUT2D eigenvalue weighted by Gasteiger charge is -2.46. The van der Waals surface area contributed by atoms with Gasteiger partial charge in [0, 0.05) is 36.0 Å². The number of nitrogens with one attached hydrogen (secondary N) is 3. The molecule has 3 saturated heterocycles. The summed E-state index contributed by atoms with van der Waals surface area (Å²) in [4.78, 5) is 17.5. The van der Waals surface area contributed by atoms with Crippen molar-refractivity contribution in [1.29, 1.82) is 5.26 Å². The summed E-state index contributed by atoms with van der Waals surface area (Å²) in [5.74, 6) is -0.205. The van der Waals surface area contributed by atoms with Crippen LogP contribution in [0.15, 0.2) is 30.3 Å². The molecule has 2 aromatic rings. The van der Waals surface area contributed by atoms with Crippen LogP contribution in [0.2, 0.25) is 0 Å². The molecule has 8 nitrogen and oxygen atoms in total. The van der Waals surface area contributed by atoms with E-state index in [1.807, 2.05) is 25.1 Å². The van der Waals surface area contributed by atoms with E-state index in [9.17, 15) is 10.1 Å². The number of rotatable bonds is 4. The molecule has 5 rings (SSSR count). The van der Waals surface area contributed by atoms with Crippen LogP contribution in [-0.4, -0.2) is 53.4 Å². The standard InChI is InChI=1S/C23H28N6O2/c1-15-3-4-16-13-17(5-6-18(16)26-15)27-21-20-19(7-11-25-22(20)30)29(28-21)23(9-10-24)8-2-12-31-14-23/h3-6,13,19-21,27-28H,2,7-9,11-12,14H2,1H3,(H,25,30)/t19?,20?,21?,23-/m0/s1. The number of hydrogen-bond donors (Lipinski definition) is 3. The van der Waals surface area contributed by atoms with Gasteiger partial charge in [0.2, 0.25) is 5.91 Å². The second kappa shape index (κ2) is 8.08. The Morgan fingerprint density at radius 1 is 1.39 bits per heavy atom. The number of fused-ring (bicyclic) bond motifs is 2. The van der Waals surface area contributed by atoms with Crippen molar-refractivity contribution in [1.82, 2.24) is 20.7 Å². The average molecular weight is 421 g/mol. The van der Waals surface area contributed by atoms with Crippen LogP contribution in [0.1, 0.15) is 31.4 Å². The van der Waals surface area contributed by atoms with E-state index in [-0.39, 0.29) is 24.0 Å². The zero-order valence-electron chi connectivity index (χ0n) is 17.7. The fourth-order valence-electron chi connectivity index (χ4n) is 5.31. The Labute approximate surface area is 181 Å². The number of aryl methyl sites for hydroxylation is 1. The van der Waals surface area contributed by atoms with Gasteiger partial charge in [0.25, 0.3) is 0 Å². The van der Waals surface area contributed by atoms with Crippen LogP contribution in [0.5, 0.6) is 0 Å². The Hall–Kier alpha value is -2.73. The van der Waals surface area contributed by atoms with Crippen LogP contribution >= 0.6 is 0 Å². The molecule has 162 valence electrons. The SMILES string of the molecule is Cc1ccc2cc(NC3NN([C@]4(CC#N)CCCOC4)C4CCNC(=O)C34)ccc2n1. The summed E-state index contributed by atoms with van der Waals surface area (Å²) in [7, 11) is 0. The molecule has 8 heteroatoms. The predicted octanol–water partition coefficient (Wildman–Crippen LogP) is 2.07. The van der Waals surface area contributed by atoms with Crippen LogP contribution in [0.25, 0.3) is 10.9 Å². The zero-order valence-corrected chi connectivity index (χ0v) is 17.7. The van der Waals surface area contributed by atoms with Crippen molar-refractivity contribution >= 4 is 22.5 Å². The van der Waals surface area contributed by atoms with E-state index in [4.69, 9.17) is 4.74 Å². The smallest absolute Gasteiger partial charge is 0.228 e. The summed E-state index contributed by atoms with van der Waals surface area (Å²) >= 11 is 0. The first-order chi connectivity index (χ1) is 15.1. The number of hydrogen-bond acceptors (Lipinski definition) is 7. The molecular weight excluding hydrogens is 392 g/mol. The van der Waals surface area contributed by atoms with Crippen LogP contribution in [0, 0.1) is 24.2 Å². The van der Waals surface area contributed by atoms with Crippen LogP contribution < -0.4 is 16.1 Å². The number of nitrogens with zero attached hydrogens (tertiary/aromatic N) is 3. The number of carbonyl (C=O) groups excluding carboxylic acids is 1. The van der Waals surface area contributed by atoms with Gasteiger partial charge in [0.15, 0.2) is 0 Å². The molecule has 0 saturated carbocycles. The minimum Gasteiger partial charge on any atom is -0.379 e. The molecule has 0 aliphatic carbocycles. The Balaban J connectivity index is 1.45. The molecule has 3 N–H and O–H groups in total. The highest BCUT2D eigenvalue weighted by molar-refractivity contribution is 5.84. The molecule has 4 heterocycles. The third kappa shape index (κ3) is 3.63. The summed E-state index contributed by atoms with van der Waals surface area (Å²) in [6, 6.07) is 12.5. The van der Waals surface area contributed by atoms with Gasteiger partial charge in [-0.3, -0.25) is 9.78 Å². The van der Waals surface area contributed by atoms with Crippen molar-refractivity contribution in [3.63, 3.8) is 0 Å². The predicted molar refractivity (Wildman–Crippen MR) is 117 cm³/mol. The van der Waals surface area contributed by atoms with E-state index < -0.39 is 5.54 Å². The van der Waals surface area contributed by atoms with Crippen molar-refractivity contribution in [3.8, 4) is 6.07 Å². The van der Waals surface area contributed by atoms with Crippen molar-refractivity contribution < 1.29 is 9.53 Å². The molecule has 3 aliphatic heterocycles. The van der Waals surface area contributed by atoms with E-state index in [0.29, 0.717) is 19.6 Å². The molecule has 3 aliphatic rings. The average Bonchev–Trinajstić information content (AvgIpc) is 3.15. The van der Waals surface area contributed by atoms with Crippen molar-refractivity contribution in [2.75, 3.05) is 25.1 Å². The first-order valence-corrected chi connectivity index (χ1v) is 11.0. The maximum absolute atomic E-state index is 12.9. The highest BCUT2D eigenvalue weighted by Crippen LogP contribution is 2.39. The maximum atomic E-state index is 12.9. The quantitative estimate of drug-likeness (QED) is 0.696. The minimum atomic E-state index is -0.408.